The van der Waals surface area contributed by atoms with Gasteiger partial charge in [-0.25, -0.2) is 4.79 Å². The van der Waals surface area contributed by atoms with Gasteiger partial charge in [0.2, 0.25) is 0 Å². The maximum atomic E-state index is 13.5. The molecule has 1 saturated heterocycles. The molecule has 1 fully saturated rings. The molecule has 0 aromatic heterocycles. The largest absolute Gasteiger partial charge is 0.494 e. The lowest BCUT2D eigenvalue weighted by Crippen LogP contribution is -2.53. The first-order valence-corrected chi connectivity index (χ1v) is 15.4. The number of amides is 3. The van der Waals surface area contributed by atoms with Crippen molar-refractivity contribution in [3.63, 3.8) is 0 Å². The fraction of sp³-hybridized carbons (Fsp3) is 0.412. The van der Waals surface area contributed by atoms with E-state index in [1.54, 1.807) is 56.3 Å². The van der Waals surface area contributed by atoms with Crippen LogP contribution in [-0.2, 0) is 22.4 Å². The van der Waals surface area contributed by atoms with E-state index in [2.05, 4.69) is 5.32 Å². The van der Waals surface area contributed by atoms with Crippen LogP contribution in [0.2, 0.25) is 0 Å². The van der Waals surface area contributed by atoms with E-state index >= 15 is 0 Å². The van der Waals surface area contributed by atoms with E-state index in [-0.39, 0.29) is 25.1 Å². The molecular weight excluding hydrogens is 646 g/mol. The Kier molecular flexibility index (Phi) is 9.60. The van der Waals surface area contributed by atoms with E-state index in [0.29, 0.717) is 72.5 Å². The van der Waals surface area contributed by atoms with E-state index in [0.717, 1.165) is 17.0 Å². The fourth-order valence-corrected chi connectivity index (χ4v) is 5.99. The quantitative estimate of drug-likeness (QED) is 0.129. The number of aliphatic hydroxyl groups is 1. The van der Waals surface area contributed by atoms with E-state index in [4.69, 9.17) is 14.2 Å². The number of hydrogen-bond donors (Lipinski definition) is 2. The molecule has 5 rings (SSSR count). The molecule has 2 aliphatic rings. The highest BCUT2D eigenvalue weighted by molar-refractivity contribution is 6.07. The monoisotopic (exact) mass is 680 g/mol. The highest BCUT2D eigenvalue weighted by atomic mass is 19.4. The molecule has 2 heterocycles. The average Bonchev–Trinajstić information content (AvgIpc) is 3.30. The van der Waals surface area contributed by atoms with Crippen molar-refractivity contribution in [2.45, 2.75) is 63.0 Å². The Morgan fingerprint density at radius 3 is 2.19 bits per heavy atom. The minimum atomic E-state index is -5.98. The number of alkyl halides is 6. The minimum Gasteiger partial charge on any atom is -0.494 e. The predicted molar refractivity (Wildman–Crippen MR) is 162 cm³/mol. The highest BCUT2D eigenvalue weighted by Gasteiger charge is 2.71. The van der Waals surface area contributed by atoms with Gasteiger partial charge in [-0.05, 0) is 65.8 Å². The van der Waals surface area contributed by atoms with Gasteiger partial charge in [-0.3, -0.25) is 9.69 Å². The Bertz CT molecular complexity index is 1650. The summed E-state index contributed by atoms with van der Waals surface area (Å²) in [7, 11) is 0. The van der Waals surface area contributed by atoms with E-state index in [9.17, 15) is 41.0 Å². The SMILES string of the molecule is CCCc1cc(C(O)(C(F)(F)F)C(F)(F)F)ccc1-c1ccc(OCCCN2C(=O)NC(CC)(c3ccc4c(c3)OCCO4)C2=O)cc1. The van der Waals surface area contributed by atoms with Crippen LogP contribution < -0.4 is 19.5 Å². The van der Waals surface area contributed by atoms with Crippen molar-refractivity contribution in [1.29, 1.82) is 0 Å². The lowest BCUT2D eigenvalue weighted by molar-refractivity contribution is -0.376. The number of imide groups is 1. The number of urea groups is 1. The molecule has 3 aromatic carbocycles. The molecule has 2 N–H and O–H groups in total. The Morgan fingerprint density at radius 1 is 0.896 bits per heavy atom. The lowest BCUT2D eigenvalue weighted by Gasteiger charge is -2.33. The second-order valence-electron chi connectivity index (χ2n) is 11.6. The van der Waals surface area contributed by atoms with Crippen LogP contribution in [0.4, 0.5) is 31.1 Å². The van der Waals surface area contributed by atoms with Crippen LogP contribution >= 0.6 is 0 Å². The van der Waals surface area contributed by atoms with Crippen LogP contribution in [0.3, 0.4) is 0 Å². The summed E-state index contributed by atoms with van der Waals surface area (Å²) in [6, 6.07) is 13.6. The van der Waals surface area contributed by atoms with Crippen molar-refractivity contribution in [3.8, 4) is 28.4 Å². The number of carbonyl (C=O) groups excluding carboxylic acids is 2. The zero-order valence-electron chi connectivity index (χ0n) is 26.1. The van der Waals surface area contributed by atoms with Gasteiger partial charge in [-0.15, -0.1) is 0 Å². The minimum absolute atomic E-state index is 0.0873. The summed E-state index contributed by atoms with van der Waals surface area (Å²) in [6.45, 7) is 4.55. The van der Waals surface area contributed by atoms with Crippen molar-refractivity contribution < 1.29 is 55.2 Å². The van der Waals surface area contributed by atoms with Crippen LogP contribution in [0.15, 0.2) is 60.7 Å². The van der Waals surface area contributed by atoms with Gasteiger partial charge in [-0.1, -0.05) is 56.7 Å². The highest BCUT2D eigenvalue weighted by Crippen LogP contribution is 2.50. The molecule has 0 aliphatic carbocycles. The number of rotatable bonds is 11. The van der Waals surface area contributed by atoms with Gasteiger partial charge < -0.3 is 24.6 Å². The third-order valence-corrected chi connectivity index (χ3v) is 8.56. The van der Waals surface area contributed by atoms with Crippen LogP contribution in [0.25, 0.3) is 11.1 Å². The Hall–Kier alpha value is -4.46. The van der Waals surface area contributed by atoms with Crippen LogP contribution in [0, 0.1) is 0 Å². The third-order valence-electron chi connectivity index (χ3n) is 8.56. The maximum Gasteiger partial charge on any atom is 0.430 e. The van der Waals surface area contributed by atoms with Crippen LogP contribution in [-0.4, -0.2) is 60.7 Å². The van der Waals surface area contributed by atoms with Crippen LogP contribution in [0.5, 0.6) is 17.2 Å². The summed E-state index contributed by atoms with van der Waals surface area (Å²) in [5, 5.41) is 12.7. The molecule has 8 nitrogen and oxygen atoms in total. The van der Waals surface area contributed by atoms with Gasteiger partial charge in [0.25, 0.3) is 11.5 Å². The summed E-state index contributed by atoms with van der Waals surface area (Å²) < 4.78 is 97.8. The molecule has 0 spiro atoms. The van der Waals surface area contributed by atoms with Crippen LogP contribution in [0.1, 0.15) is 49.8 Å². The summed E-state index contributed by atoms with van der Waals surface area (Å²) in [5.41, 5.74) is -5.84. The topological polar surface area (TPSA) is 97.3 Å². The number of nitrogens with zero attached hydrogens (tertiary/aromatic N) is 1. The third kappa shape index (κ3) is 6.25. The summed E-state index contributed by atoms with van der Waals surface area (Å²) in [6.07, 6.45) is -10.7. The molecule has 0 radical (unpaired) electrons. The molecule has 3 amide bonds. The second-order valence-corrected chi connectivity index (χ2v) is 11.6. The molecule has 2 aliphatic heterocycles. The number of halogens is 6. The summed E-state index contributed by atoms with van der Waals surface area (Å²) in [4.78, 5) is 27.5. The number of carbonyl (C=O) groups is 2. The average molecular weight is 681 g/mol. The number of nitrogens with one attached hydrogen (secondary N) is 1. The van der Waals surface area contributed by atoms with Gasteiger partial charge in [0.1, 0.15) is 24.5 Å². The van der Waals surface area contributed by atoms with Crippen molar-refractivity contribution in [1.82, 2.24) is 10.2 Å². The molecule has 1 unspecified atom stereocenters. The van der Waals surface area contributed by atoms with Crippen molar-refractivity contribution in [2.75, 3.05) is 26.4 Å². The molecule has 3 aromatic rings. The Labute approximate surface area is 272 Å². The standard InChI is InChI=1S/C34H34F6N2O6/c1-3-6-22-19-24(32(45,33(35,36)37)34(38,39)40)9-13-26(22)21-7-11-25(12-8-21)46-16-5-15-42-29(43)31(4-2,41-30(42)44)23-10-14-27-28(20-23)48-18-17-47-27/h7-14,19-20,45H,3-6,15-18H2,1-2H3,(H,41,44). The maximum absolute atomic E-state index is 13.5. The molecule has 0 bridgehead atoms. The molecule has 1 atom stereocenters. The molecule has 14 heteroatoms. The van der Waals surface area contributed by atoms with Gasteiger partial charge in [0.15, 0.2) is 11.5 Å². The van der Waals surface area contributed by atoms with Gasteiger partial charge >= 0.3 is 18.4 Å². The van der Waals surface area contributed by atoms with E-state index < -0.39 is 41.0 Å². The zero-order chi connectivity index (χ0) is 34.9. The van der Waals surface area contributed by atoms with Crippen molar-refractivity contribution >= 4 is 11.9 Å². The molecule has 0 saturated carbocycles. The predicted octanol–water partition coefficient (Wildman–Crippen LogP) is 7.02. The van der Waals surface area contributed by atoms with E-state index in [1.165, 1.54) is 0 Å². The normalized spacial score (nSPS) is 18.2. The molecule has 48 heavy (non-hydrogen) atoms. The fourth-order valence-electron chi connectivity index (χ4n) is 5.99. The number of benzene rings is 3. The number of hydrogen-bond acceptors (Lipinski definition) is 6. The first-order chi connectivity index (χ1) is 22.7. The number of aryl methyl sites for hydroxylation is 1. The first-order valence-electron chi connectivity index (χ1n) is 15.4. The summed E-state index contributed by atoms with van der Waals surface area (Å²) >= 11 is 0. The summed E-state index contributed by atoms with van der Waals surface area (Å²) in [5.74, 6) is 1.09. The van der Waals surface area contributed by atoms with Gasteiger partial charge in [0, 0.05) is 12.1 Å². The smallest absolute Gasteiger partial charge is 0.430 e. The number of fused-ring (bicyclic) bond motifs is 1. The Morgan fingerprint density at radius 2 is 1.56 bits per heavy atom. The van der Waals surface area contributed by atoms with Gasteiger partial charge in [-0.2, -0.15) is 26.3 Å². The van der Waals surface area contributed by atoms with E-state index in [1.807, 2.05) is 0 Å². The first kappa shape index (κ1) is 34.9. The number of ether oxygens (including phenoxy) is 3. The zero-order valence-corrected chi connectivity index (χ0v) is 26.1. The molecule has 258 valence electrons. The second kappa shape index (κ2) is 13.2. The van der Waals surface area contributed by atoms with Crippen molar-refractivity contribution in [3.05, 3.63) is 77.4 Å². The van der Waals surface area contributed by atoms with Gasteiger partial charge in [0.05, 0.1) is 6.61 Å². The van der Waals surface area contributed by atoms with Crippen molar-refractivity contribution in [2.24, 2.45) is 0 Å². The molecular formula is C34H34F6N2O6. The Balaban J connectivity index is 1.23. The lowest BCUT2D eigenvalue weighted by atomic mass is 9.87.